The SMILES string of the molecule is CC(C)C[C@H](N)C(=O)N(C=Cc1ccccc1)C(=O)[C@H](Cc1ccc(O)cc1)NC(=O)[C@H](N)CCCN. The summed E-state index contributed by atoms with van der Waals surface area (Å²) in [6, 6.07) is 12.6. The molecule has 0 saturated heterocycles. The van der Waals surface area contributed by atoms with Crippen molar-refractivity contribution in [2.45, 2.75) is 57.7 Å². The Kier molecular flexibility index (Phi) is 12.0. The van der Waals surface area contributed by atoms with Crippen molar-refractivity contribution in [3.05, 3.63) is 71.9 Å². The number of nitrogens with zero attached hydrogens (tertiary/aromatic N) is 1. The van der Waals surface area contributed by atoms with Crippen molar-refractivity contribution >= 4 is 23.8 Å². The maximum atomic E-state index is 13.8. The molecule has 0 saturated carbocycles. The number of benzene rings is 2. The zero-order valence-electron chi connectivity index (χ0n) is 21.5. The van der Waals surface area contributed by atoms with E-state index in [1.54, 1.807) is 18.2 Å². The summed E-state index contributed by atoms with van der Waals surface area (Å²) in [7, 11) is 0. The molecule has 0 radical (unpaired) electrons. The van der Waals surface area contributed by atoms with E-state index in [-0.39, 0.29) is 18.1 Å². The minimum atomic E-state index is -1.10. The molecular formula is C28H39N5O4. The van der Waals surface area contributed by atoms with Crippen LogP contribution >= 0.6 is 0 Å². The quantitative estimate of drug-likeness (QED) is 0.275. The maximum Gasteiger partial charge on any atom is 0.256 e. The summed E-state index contributed by atoms with van der Waals surface area (Å²) in [4.78, 5) is 41.0. The highest BCUT2D eigenvalue weighted by molar-refractivity contribution is 6.03. The van der Waals surface area contributed by atoms with Gasteiger partial charge in [-0.2, -0.15) is 0 Å². The summed E-state index contributed by atoms with van der Waals surface area (Å²) in [6.45, 7) is 4.27. The van der Waals surface area contributed by atoms with Crippen LogP contribution in [0.3, 0.4) is 0 Å². The molecule has 2 aromatic rings. The summed E-state index contributed by atoms with van der Waals surface area (Å²) in [5.41, 5.74) is 19.2. The first kappa shape index (κ1) is 29.7. The van der Waals surface area contributed by atoms with E-state index in [2.05, 4.69) is 5.32 Å². The first-order chi connectivity index (χ1) is 17.6. The number of amides is 3. The highest BCUT2D eigenvalue weighted by Crippen LogP contribution is 2.15. The number of nitrogens with two attached hydrogens (primary N) is 3. The molecule has 0 unspecified atom stereocenters. The van der Waals surface area contributed by atoms with Gasteiger partial charge < -0.3 is 27.6 Å². The van der Waals surface area contributed by atoms with E-state index >= 15 is 0 Å². The molecule has 9 heteroatoms. The monoisotopic (exact) mass is 509 g/mol. The van der Waals surface area contributed by atoms with Gasteiger partial charge in [0.15, 0.2) is 0 Å². The van der Waals surface area contributed by atoms with Crippen LogP contribution in [0, 0.1) is 5.92 Å². The van der Waals surface area contributed by atoms with Crippen LogP contribution in [0.4, 0.5) is 0 Å². The molecular weight excluding hydrogens is 470 g/mol. The lowest BCUT2D eigenvalue weighted by Crippen LogP contribution is -2.55. The summed E-state index contributed by atoms with van der Waals surface area (Å²) in [5, 5.41) is 12.3. The van der Waals surface area contributed by atoms with Gasteiger partial charge in [-0.05, 0) is 61.1 Å². The van der Waals surface area contributed by atoms with Crippen LogP contribution in [-0.2, 0) is 20.8 Å². The minimum absolute atomic E-state index is 0.0710. The first-order valence-electron chi connectivity index (χ1n) is 12.5. The molecule has 37 heavy (non-hydrogen) atoms. The Labute approximate surface area is 218 Å². The van der Waals surface area contributed by atoms with Crippen LogP contribution in [-0.4, -0.2) is 52.4 Å². The summed E-state index contributed by atoms with van der Waals surface area (Å²) < 4.78 is 0. The van der Waals surface area contributed by atoms with Gasteiger partial charge in [-0.15, -0.1) is 0 Å². The Morgan fingerprint density at radius 2 is 1.62 bits per heavy atom. The number of carbonyl (C=O) groups is 3. The number of nitrogens with one attached hydrogen (secondary N) is 1. The first-order valence-corrected chi connectivity index (χ1v) is 12.5. The van der Waals surface area contributed by atoms with Gasteiger partial charge in [-0.25, -0.2) is 0 Å². The largest absolute Gasteiger partial charge is 0.508 e. The molecule has 0 aliphatic heterocycles. The number of rotatable bonds is 13. The Balaban J connectivity index is 2.40. The van der Waals surface area contributed by atoms with Crippen LogP contribution < -0.4 is 22.5 Å². The van der Waals surface area contributed by atoms with Gasteiger partial charge in [0.05, 0.1) is 12.1 Å². The minimum Gasteiger partial charge on any atom is -0.508 e. The molecule has 0 spiro atoms. The Bertz CT molecular complexity index is 1040. The van der Waals surface area contributed by atoms with E-state index in [4.69, 9.17) is 17.2 Å². The lowest BCUT2D eigenvalue weighted by molar-refractivity contribution is -0.145. The summed E-state index contributed by atoms with van der Waals surface area (Å²) >= 11 is 0. The van der Waals surface area contributed by atoms with Crippen LogP contribution in [0.15, 0.2) is 60.8 Å². The Hall–Kier alpha value is -3.53. The lowest BCUT2D eigenvalue weighted by Gasteiger charge is -2.27. The second-order valence-electron chi connectivity index (χ2n) is 9.48. The maximum absolute atomic E-state index is 13.8. The predicted molar refractivity (Wildman–Crippen MR) is 145 cm³/mol. The number of carbonyl (C=O) groups excluding carboxylic acids is 3. The van der Waals surface area contributed by atoms with E-state index in [1.165, 1.54) is 18.3 Å². The molecule has 3 atom stereocenters. The van der Waals surface area contributed by atoms with Crippen LogP contribution in [0.2, 0.25) is 0 Å². The molecule has 0 bridgehead atoms. The summed E-state index contributed by atoms with van der Waals surface area (Å²) in [6.07, 6.45) is 4.42. The number of aromatic hydroxyl groups is 1. The molecule has 0 aliphatic rings. The Morgan fingerprint density at radius 3 is 2.22 bits per heavy atom. The van der Waals surface area contributed by atoms with Gasteiger partial charge in [0.25, 0.3) is 5.91 Å². The average molecular weight is 510 g/mol. The van der Waals surface area contributed by atoms with Crippen molar-refractivity contribution in [2.24, 2.45) is 23.1 Å². The highest BCUT2D eigenvalue weighted by atomic mass is 16.3. The number of phenols is 1. The van der Waals surface area contributed by atoms with Crippen molar-refractivity contribution in [2.75, 3.05) is 6.54 Å². The zero-order valence-corrected chi connectivity index (χ0v) is 21.5. The fourth-order valence-corrected chi connectivity index (χ4v) is 3.75. The third kappa shape index (κ3) is 9.80. The van der Waals surface area contributed by atoms with Gasteiger partial charge >= 0.3 is 0 Å². The molecule has 9 nitrogen and oxygen atoms in total. The lowest BCUT2D eigenvalue weighted by atomic mass is 10.0. The van der Waals surface area contributed by atoms with E-state index in [9.17, 15) is 19.5 Å². The molecule has 0 aromatic heterocycles. The van der Waals surface area contributed by atoms with Crippen molar-refractivity contribution in [1.29, 1.82) is 0 Å². The molecule has 2 aromatic carbocycles. The zero-order chi connectivity index (χ0) is 27.4. The van der Waals surface area contributed by atoms with Crippen molar-refractivity contribution in [1.82, 2.24) is 10.2 Å². The second kappa shape index (κ2) is 14.9. The van der Waals surface area contributed by atoms with E-state index in [0.717, 1.165) is 10.5 Å². The topological polar surface area (TPSA) is 165 Å². The van der Waals surface area contributed by atoms with Crippen molar-refractivity contribution < 1.29 is 19.5 Å². The second-order valence-corrected chi connectivity index (χ2v) is 9.48. The molecule has 0 fully saturated rings. The van der Waals surface area contributed by atoms with Gasteiger partial charge in [0, 0.05) is 12.6 Å². The number of hydrogen-bond donors (Lipinski definition) is 5. The molecule has 200 valence electrons. The smallest absolute Gasteiger partial charge is 0.256 e. The van der Waals surface area contributed by atoms with Gasteiger partial charge in [-0.3, -0.25) is 19.3 Å². The normalized spacial score (nSPS) is 13.8. The van der Waals surface area contributed by atoms with E-state index < -0.39 is 35.8 Å². The van der Waals surface area contributed by atoms with Crippen LogP contribution in [0.25, 0.3) is 6.08 Å². The van der Waals surface area contributed by atoms with Crippen LogP contribution in [0.1, 0.15) is 44.2 Å². The van der Waals surface area contributed by atoms with Crippen molar-refractivity contribution in [3.8, 4) is 5.75 Å². The van der Waals surface area contributed by atoms with Crippen LogP contribution in [0.5, 0.6) is 5.75 Å². The highest BCUT2D eigenvalue weighted by Gasteiger charge is 2.32. The number of hydrogen-bond acceptors (Lipinski definition) is 7. The van der Waals surface area contributed by atoms with E-state index in [0.29, 0.717) is 31.4 Å². The van der Waals surface area contributed by atoms with Crippen molar-refractivity contribution in [3.63, 3.8) is 0 Å². The van der Waals surface area contributed by atoms with Gasteiger partial charge in [-0.1, -0.05) is 56.3 Å². The number of imide groups is 1. The predicted octanol–water partition coefficient (Wildman–Crippen LogP) is 1.89. The fourth-order valence-electron chi connectivity index (χ4n) is 3.75. The standard InChI is InChI=1S/C28H39N5O4/c1-19(2)17-24(31)27(36)33(16-14-20-7-4-3-5-8-20)28(37)25(18-21-10-12-22(34)13-11-21)32-26(35)23(30)9-6-15-29/h3-5,7-8,10-14,16,19,23-25,34H,6,9,15,17-18,29-31H2,1-2H3,(H,32,35)/t23-,24+,25+/m1/s1. The van der Waals surface area contributed by atoms with E-state index in [1.807, 2.05) is 44.2 Å². The van der Waals surface area contributed by atoms with Gasteiger partial charge in [0.2, 0.25) is 11.8 Å². The summed E-state index contributed by atoms with van der Waals surface area (Å²) in [5.74, 6) is -1.51. The molecule has 8 N–H and O–H groups in total. The third-order valence-electron chi connectivity index (χ3n) is 5.78. The van der Waals surface area contributed by atoms with Gasteiger partial charge in [0.1, 0.15) is 11.8 Å². The average Bonchev–Trinajstić information content (AvgIpc) is 2.88. The Morgan fingerprint density at radius 1 is 0.973 bits per heavy atom. The number of phenolic OH excluding ortho intramolecular Hbond substituents is 1. The molecule has 0 heterocycles. The fraction of sp³-hybridized carbons (Fsp3) is 0.393. The molecule has 2 rings (SSSR count). The third-order valence-corrected chi connectivity index (χ3v) is 5.78. The molecule has 3 amide bonds. The molecule has 0 aliphatic carbocycles.